The van der Waals surface area contributed by atoms with Gasteiger partial charge in [-0.15, -0.1) is 5.10 Å². The molecule has 2 unspecified atom stereocenters. The van der Waals surface area contributed by atoms with Crippen molar-refractivity contribution >= 4 is 17.7 Å². The van der Waals surface area contributed by atoms with Crippen LogP contribution >= 0.6 is 0 Å². The molecule has 0 radical (unpaired) electrons. The molecule has 36 heavy (non-hydrogen) atoms. The topological polar surface area (TPSA) is 114 Å². The number of rotatable bonds is 6. The Hall–Kier alpha value is -3.64. The highest BCUT2D eigenvalue weighted by molar-refractivity contribution is 5.52. The maximum atomic E-state index is 14.1. The highest BCUT2D eigenvalue weighted by Crippen LogP contribution is 2.27. The molecular weight excluding hydrogens is 468 g/mol. The summed E-state index contributed by atoms with van der Waals surface area (Å²) in [7, 11) is 0. The predicted molar refractivity (Wildman–Crippen MR) is 129 cm³/mol. The number of furan rings is 1. The monoisotopic (exact) mass is 495 g/mol. The smallest absolute Gasteiger partial charge is 0.259 e. The van der Waals surface area contributed by atoms with E-state index in [1.807, 2.05) is 0 Å². The fourth-order valence-corrected chi connectivity index (χ4v) is 5.15. The van der Waals surface area contributed by atoms with E-state index in [1.165, 1.54) is 10.6 Å². The van der Waals surface area contributed by atoms with E-state index in [4.69, 9.17) is 10.2 Å². The summed E-state index contributed by atoms with van der Waals surface area (Å²) in [5.41, 5.74) is 6.63. The third-order valence-electron chi connectivity index (χ3n) is 7.02. The lowest BCUT2D eigenvalue weighted by atomic mass is 9.91. The van der Waals surface area contributed by atoms with Gasteiger partial charge in [-0.1, -0.05) is 6.07 Å². The lowest BCUT2D eigenvalue weighted by Crippen LogP contribution is -2.56. The molecule has 0 aliphatic carbocycles. The van der Waals surface area contributed by atoms with Crippen LogP contribution in [0.15, 0.2) is 41.0 Å². The van der Waals surface area contributed by atoms with Crippen LogP contribution in [0, 0.1) is 17.6 Å². The first-order valence-electron chi connectivity index (χ1n) is 12.1. The summed E-state index contributed by atoms with van der Waals surface area (Å²) in [5.74, 6) is 1.34. The number of nitrogens with two attached hydrogens (primary N) is 1. The summed E-state index contributed by atoms with van der Waals surface area (Å²) >= 11 is 0. The quantitative estimate of drug-likeness (QED) is 0.417. The Morgan fingerprint density at radius 2 is 2.00 bits per heavy atom. The Morgan fingerprint density at radius 1 is 1.08 bits per heavy atom. The van der Waals surface area contributed by atoms with Crippen LogP contribution in [0.5, 0.6) is 0 Å². The lowest BCUT2D eigenvalue weighted by molar-refractivity contribution is 0.0269. The number of benzene rings is 1. The first kappa shape index (κ1) is 22.8. The molecule has 12 heteroatoms. The van der Waals surface area contributed by atoms with E-state index in [-0.39, 0.29) is 5.95 Å². The molecule has 188 valence electrons. The number of fused-ring (bicyclic) bond motifs is 2. The zero-order valence-corrected chi connectivity index (χ0v) is 19.6. The predicted octanol–water partition coefficient (Wildman–Crippen LogP) is 2.65. The number of aromatic nitrogens is 5. The fourth-order valence-electron chi connectivity index (χ4n) is 5.15. The molecule has 2 aliphatic heterocycles. The van der Waals surface area contributed by atoms with Gasteiger partial charge in [-0.2, -0.15) is 19.5 Å². The first-order valence-corrected chi connectivity index (χ1v) is 12.1. The van der Waals surface area contributed by atoms with Crippen LogP contribution in [0.1, 0.15) is 18.4 Å². The number of piperidine rings is 1. The molecule has 4 aromatic rings. The van der Waals surface area contributed by atoms with E-state index >= 15 is 0 Å². The van der Waals surface area contributed by atoms with Crippen molar-refractivity contribution in [2.24, 2.45) is 5.92 Å². The number of hydrogen-bond acceptors (Lipinski definition) is 9. The number of nitrogens with zero attached hydrogens (tertiary/aromatic N) is 7. The van der Waals surface area contributed by atoms with Gasteiger partial charge in [0.25, 0.3) is 5.78 Å². The van der Waals surface area contributed by atoms with Gasteiger partial charge in [0.2, 0.25) is 17.7 Å². The zero-order valence-electron chi connectivity index (χ0n) is 19.6. The average Bonchev–Trinajstić information content (AvgIpc) is 3.55. The van der Waals surface area contributed by atoms with E-state index < -0.39 is 11.6 Å². The molecular formula is C24H27F2N9O. The van der Waals surface area contributed by atoms with Gasteiger partial charge < -0.3 is 15.5 Å². The molecule has 6 rings (SSSR count). The minimum absolute atomic E-state index is 0.199. The Bertz CT molecular complexity index is 1360. The van der Waals surface area contributed by atoms with Gasteiger partial charge in [-0.3, -0.25) is 9.80 Å². The maximum absolute atomic E-state index is 14.1. The molecule has 0 saturated carbocycles. The molecule has 3 aromatic heterocycles. The molecule has 5 heterocycles. The summed E-state index contributed by atoms with van der Waals surface area (Å²) in [4.78, 5) is 18.0. The van der Waals surface area contributed by atoms with Crippen molar-refractivity contribution in [2.75, 3.05) is 43.8 Å². The second kappa shape index (κ2) is 9.43. The minimum atomic E-state index is -0.541. The molecule has 10 nitrogen and oxygen atoms in total. The summed E-state index contributed by atoms with van der Waals surface area (Å²) in [6.07, 6.45) is 3.69. The van der Waals surface area contributed by atoms with Crippen LogP contribution in [0.25, 0.3) is 17.4 Å². The van der Waals surface area contributed by atoms with Crippen molar-refractivity contribution in [2.45, 2.75) is 25.4 Å². The zero-order chi connectivity index (χ0) is 24.6. The van der Waals surface area contributed by atoms with Crippen LogP contribution in [0.4, 0.5) is 20.7 Å². The van der Waals surface area contributed by atoms with Crippen molar-refractivity contribution in [1.82, 2.24) is 34.4 Å². The average molecular weight is 496 g/mol. The number of nitrogen functional groups attached to an aromatic ring is 1. The molecule has 1 aromatic carbocycles. The van der Waals surface area contributed by atoms with Crippen LogP contribution in [-0.2, 0) is 6.54 Å². The Morgan fingerprint density at radius 3 is 2.83 bits per heavy atom. The minimum Gasteiger partial charge on any atom is -0.461 e. The summed E-state index contributed by atoms with van der Waals surface area (Å²) < 4.78 is 34.0. The van der Waals surface area contributed by atoms with E-state index in [2.05, 4.69) is 35.2 Å². The SMILES string of the molecule is Nc1nc(NCC2CCC3CN(Cc4ccc(F)cc4F)CCN3C2)nc2nc(-c3ccco3)nn12. The fraction of sp³-hybridized carbons (Fsp3) is 0.417. The number of halogens is 2. The standard InChI is InChI=1S/C24H27F2N9O/c25-17-5-4-16(19(26)10-17)13-33-7-8-34-12-15(3-6-18(34)14-33)11-28-23-30-22(27)35-24(31-23)29-21(32-35)20-2-1-9-36-20/h1-2,4-5,9-10,15,18H,3,6-8,11-14H2,(H3,27,28,29,30,31,32). The first-order chi connectivity index (χ1) is 17.5. The van der Waals surface area contributed by atoms with Crippen LogP contribution < -0.4 is 11.1 Å². The van der Waals surface area contributed by atoms with Gasteiger partial charge in [0, 0.05) is 56.9 Å². The summed E-state index contributed by atoms with van der Waals surface area (Å²) in [5, 5.41) is 7.64. The largest absolute Gasteiger partial charge is 0.461 e. The van der Waals surface area contributed by atoms with Crippen LogP contribution in [0.2, 0.25) is 0 Å². The Balaban J connectivity index is 1.04. The second-order valence-corrected chi connectivity index (χ2v) is 9.47. The van der Waals surface area contributed by atoms with Crippen molar-refractivity contribution in [3.8, 4) is 11.6 Å². The van der Waals surface area contributed by atoms with Crippen molar-refractivity contribution in [3.05, 3.63) is 53.8 Å². The van der Waals surface area contributed by atoms with Crippen molar-refractivity contribution in [1.29, 1.82) is 0 Å². The molecule has 0 amide bonds. The van der Waals surface area contributed by atoms with E-state index in [0.29, 0.717) is 47.4 Å². The molecule has 2 fully saturated rings. The van der Waals surface area contributed by atoms with Crippen LogP contribution in [-0.4, -0.2) is 73.1 Å². The highest BCUT2D eigenvalue weighted by Gasteiger charge is 2.33. The van der Waals surface area contributed by atoms with E-state index in [0.717, 1.165) is 51.6 Å². The van der Waals surface area contributed by atoms with Crippen molar-refractivity contribution in [3.63, 3.8) is 0 Å². The highest BCUT2D eigenvalue weighted by atomic mass is 19.1. The van der Waals surface area contributed by atoms with Gasteiger partial charge in [0.05, 0.1) is 6.26 Å². The molecule has 2 saturated heterocycles. The van der Waals surface area contributed by atoms with Gasteiger partial charge in [0.15, 0.2) is 5.76 Å². The summed E-state index contributed by atoms with van der Waals surface area (Å²) in [6, 6.07) is 7.81. The molecule has 0 spiro atoms. The molecule has 2 atom stereocenters. The van der Waals surface area contributed by atoms with Gasteiger partial charge in [-0.25, -0.2) is 8.78 Å². The number of piperazine rings is 1. The Kier molecular flexibility index (Phi) is 5.97. The Labute approximate surface area is 206 Å². The van der Waals surface area contributed by atoms with Crippen LogP contribution in [0.3, 0.4) is 0 Å². The molecule has 3 N–H and O–H groups in total. The number of nitrogens with one attached hydrogen (secondary N) is 1. The normalized spacial score (nSPS) is 21.1. The van der Waals surface area contributed by atoms with Gasteiger partial charge in [0.1, 0.15) is 11.6 Å². The molecule has 2 aliphatic rings. The molecule has 0 bridgehead atoms. The van der Waals surface area contributed by atoms with Crippen molar-refractivity contribution < 1.29 is 13.2 Å². The third kappa shape index (κ3) is 4.61. The number of hydrogen-bond donors (Lipinski definition) is 2. The van der Waals surface area contributed by atoms with Gasteiger partial charge in [-0.05, 0) is 37.0 Å². The maximum Gasteiger partial charge on any atom is 0.259 e. The van der Waals surface area contributed by atoms with Gasteiger partial charge >= 0.3 is 0 Å². The van der Waals surface area contributed by atoms with E-state index in [9.17, 15) is 8.78 Å². The third-order valence-corrected chi connectivity index (χ3v) is 7.02. The lowest BCUT2D eigenvalue weighted by Gasteiger charge is -2.46. The second-order valence-electron chi connectivity index (χ2n) is 9.47. The van der Waals surface area contributed by atoms with E-state index in [1.54, 1.807) is 24.5 Å². The summed E-state index contributed by atoms with van der Waals surface area (Å²) in [6.45, 7) is 4.87. The number of anilines is 2.